The minimum Gasteiger partial charge on any atom is -0.497 e. The molecule has 0 unspecified atom stereocenters. The number of nitrogens with one attached hydrogen (secondary N) is 1. The highest BCUT2D eigenvalue weighted by Crippen LogP contribution is 2.21. The maximum Gasteiger partial charge on any atom is 0.261 e. The van der Waals surface area contributed by atoms with Crippen molar-refractivity contribution in [3.8, 4) is 11.5 Å². The van der Waals surface area contributed by atoms with Crippen LogP contribution in [0.4, 0.5) is 0 Å². The molecule has 34 heavy (non-hydrogen) atoms. The van der Waals surface area contributed by atoms with Crippen molar-refractivity contribution in [2.75, 3.05) is 13.7 Å². The molecule has 6 heteroatoms. The third-order valence-corrected chi connectivity index (χ3v) is 6.41. The smallest absolute Gasteiger partial charge is 0.261 e. The van der Waals surface area contributed by atoms with Gasteiger partial charge in [0.1, 0.15) is 17.5 Å². The number of rotatable bonds is 10. The first-order valence-corrected chi connectivity index (χ1v) is 12.3. The van der Waals surface area contributed by atoms with Crippen molar-refractivity contribution in [1.29, 1.82) is 0 Å². The number of ether oxygens (including phenoxy) is 2. The Bertz CT molecular complexity index is 931. The van der Waals surface area contributed by atoms with Crippen LogP contribution in [0.5, 0.6) is 11.5 Å². The second kappa shape index (κ2) is 12.4. The molecule has 1 saturated carbocycles. The lowest BCUT2D eigenvalue weighted by molar-refractivity contribution is -0.143. The molecular weight excluding hydrogens is 428 g/mol. The van der Waals surface area contributed by atoms with E-state index < -0.39 is 6.04 Å². The van der Waals surface area contributed by atoms with Crippen LogP contribution >= 0.6 is 0 Å². The first-order valence-electron chi connectivity index (χ1n) is 12.3. The number of carbonyl (C=O) groups excluding carboxylic acids is 2. The fraction of sp³-hybridized carbons (Fsp3) is 0.500. The topological polar surface area (TPSA) is 67.9 Å². The van der Waals surface area contributed by atoms with Gasteiger partial charge in [-0.1, -0.05) is 44.4 Å². The Labute approximate surface area is 203 Å². The van der Waals surface area contributed by atoms with Gasteiger partial charge in [-0.25, -0.2) is 0 Å². The monoisotopic (exact) mass is 466 g/mol. The van der Waals surface area contributed by atoms with Crippen LogP contribution < -0.4 is 14.8 Å². The van der Waals surface area contributed by atoms with E-state index in [-0.39, 0.29) is 24.5 Å². The molecule has 184 valence electrons. The molecule has 2 aromatic carbocycles. The van der Waals surface area contributed by atoms with E-state index in [1.807, 2.05) is 57.2 Å². The average molecular weight is 467 g/mol. The first kappa shape index (κ1) is 25.6. The van der Waals surface area contributed by atoms with Crippen molar-refractivity contribution >= 4 is 11.8 Å². The third-order valence-electron chi connectivity index (χ3n) is 6.41. The van der Waals surface area contributed by atoms with Gasteiger partial charge in [0, 0.05) is 12.6 Å². The lowest BCUT2D eigenvalue weighted by atomic mass is 9.95. The van der Waals surface area contributed by atoms with Crippen LogP contribution in [0.1, 0.15) is 62.1 Å². The summed E-state index contributed by atoms with van der Waals surface area (Å²) in [6, 6.07) is 13.1. The van der Waals surface area contributed by atoms with Crippen LogP contribution in [0.15, 0.2) is 42.5 Å². The van der Waals surface area contributed by atoms with Gasteiger partial charge in [-0.15, -0.1) is 0 Å². The van der Waals surface area contributed by atoms with E-state index in [0.717, 1.165) is 48.1 Å². The number of carbonyl (C=O) groups is 2. The molecule has 2 aromatic rings. The van der Waals surface area contributed by atoms with Crippen LogP contribution in [0.25, 0.3) is 0 Å². The predicted octanol–water partition coefficient (Wildman–Crippen LogP) is 4.95. The van der Waals surface area contributed by atoms with E-state index >= 15 is 0 Å². The van der Waals surface area contributed by atoms with Gasteiger partial charge in [0.15, 0.2) is 6.61 Å². The Morgan fingerprint density at radius 3 is 2.24 bits per heavy atom. The third kappa shape index (κ3) is 7.24. The summed E-state index contributed by atoms with van der Waals surface area (Å²) in [6.45, 7) is 6.16. The molecular formula is C28H38N2O4. The van der Waals surface area contributed by atoms with Gasteiger partial charge >= 0.3 is 0 Å². The average Bonchev–Trinajstić information content (AvgIpc) is 2.83. The Morgan fingerprint density at radius 2 is 1.65 bits per heavy atom. The Hall–Kier alpha value is -3.02. The second-order valence-electron chi connectivity index (χ2n) is 9.25. The fourth-order valence-electron chi connectivity index (χ4n) is 4.64. The van der Waals surface area contributed by atoms with E-state index in [0.29, 0.717) is 18.7 Å². The number of nitrogens with zero attached hydrogens (tertiary/aromatic N) is 1. The fourth-order valence-corrected chi connectivity index (χ4v) is 4.64. The standard InChI is InChI=1S/C28H38N2O4/c1-5-26(28(32)29-23-9-7-6-8-10-23)30(18-22-11-13-24(33-4)14-12-22)27(31)19-34-25-16-20(2)15-21(3)17-25/h11-17,23,26H,5-10,18-19H2,1-4H3,(H,29,32)/t26-/m1/s1. The lowest BCUT2D eigenvalue weighted by Crippen LogP contribution is -2.52. The number of aryl methyl sites for hydroxylation is 2. The van der Waals surface area contributed by atoms with Crippen molar-refractivity contribution in [1.82, 2.24) is 10.2 Å². The Balaban J connectivity index is 1.76. The molecule has 0 heterocycles. The molecule has 0 spiro atoms. The summed E-state index contributed by atoms with van der Waals surface area (Å²) in [5.74, 6) is 1.13. The second-order valence-corrected chi connectivity index (χ2v) is 9.25. The molecule has 0 aliphatic heterocycles. The molecule has 1 fully saturated rings. The molecule has 0 bridgehead atoms. The minimum atomic E-state index is -0.556. The zero-order valence-electron chi connectivity index (χ0n) is 20.9. The van der Waals surface area contributed by atoms with Crippen molar-refractivity contribution in [2.45, 2.75) is 77.9 Å². The van der Waals surface area contributed by atoms with Gasteiger partial charge in [-0.2, -0.15) is 0 Å². The van der Waals surface area contributed by atoms with Gasteiger partial charge in [0.05, 0.1) is 7.11 Å². The maximum atomic E-state index is 13.4. The van der Waals surface area contributed by atoms with Crippen LogP contribution in [0.2, 0.25) is 0 Å². The van der Waals surface area contributed by atoms with Gasteiger partial charge in [0.2, 0.25) is 5.91 Å². The zero-order valence-corrected chi connectivity index (χ0v) is 20.9. The van der Waals surface area contributed by atoms with Crippen LogP contribution in [0, 0.1) is 13.8 Å². The van der Waals surface area contributed by atoms with E-state index in [4.69, 9.17) is 9.47 Å². The highest BCUT2D eigenvalue weighted by molar-refractivity contribution is 5.88. The summed E-state index contributed by atoms with van der Waals surface area (Å²) in [7, 11) is 1.62. The molecule has 3 rings (SSSR count). The molecule has 1 N–H and O–H groups in total. The number of amides is 2. The largest absolute Gasteiger partial charge is 0.497 e. The summed E-state index contributed by atoms with van der Waals surface area (Å²) in [5.41, 5.74) is 3.09. The van der Waals surface area contributed by atoms with Crippen molar-refractivity contribution in [3.63, 3.8) is 0 Å². The predicted molar refractivity (Wildman–Crippen MR) is 134 cm³/mol. The van der Waals surface area contributed by atoms with E-state index in [1.54, 1.807) is 12.0 Å². The van der Waals surface area contributed by atoms with Gasteiger partial charge in [-0.3, -0.25) is 9.59 Å². The maximum absolute atomic E-state index is 13.4. The van der Waals surface area contributed by atoms with Gasteiger partial charge < -0.3 is 19.7 Å². The summed E-state index contributed by atoms with van der Waals surface area (Å²) in [5, 5.41) is 3.20. The molecule has 0 radical (unpaired) electrons. The van der Waals surface area contributed by atoms with E-state index in [1.165, 1.54) is 6.42 Å². The van der Waals surface area contributed by atoms with Crippen LogP contribution in [-0.2, 0) is 16.1 Å². The summed E-state index contributed by atoms with van der Waals surface area (Å²) in [4.78, 5) is 28.3. The molecule has 0 saturated heterocycles. The Morgan fingerprint density at radius 1 is 1.00 bits per heavy atom. The molecule has 2 amide bonds. The Kier molecular flexibility index (Phi) is 9.37. The summed E-state index contributed by atoms with van der Waals surface area (Å²) >= 11 is 0. The number of hydrogen-bond donors (Lipinski definition) is 1. The highest BCUT2D eigenvalue weighted by atomic mass is 16.5. The number of methoxy groups -OCH3 is 1. The van der Waals surface area contributed by atoms with E-state index in [2.05, 4.69) is 11.4 Å². The summed E-state index contributed by atoms with van der Waals surface area (Å²) < 4.78 is 11.1. The van der Waals surface area contributed by atoms with Gasteiger partial charge in [-0.05, 0) is 74.1 Å². The molecule has 6 nitrogen and oxygen atoms in total. The van der Waals surface area contributed by atoms with Gasteiger partial charge in [0.25, 0.3) is 5.91 Å². The highest BCUT2D eigenvalue weighted by Gasteiger charge is 2.30. The lowest BCUT2D eigenvalue weighted by Gasteiger charge is -2.32. The molecule has 0 aromatic heterocycles. The number of hydrogen-bond acceptors (Lipinski definition) is 4. The number of benzene rings is 2. The van der Waals surface area contributed by atoms with Crippen LogP contribution in [-0.4, -0.2) is 42.5 Å². The molecule has 1 atom stereocenters. The van der Waals surface area contributed by atoms with E-state index in [9.17, 15) is 9.59 Å². The quantitative estimate of drug-likeness (QED) is 0.538. The van der Waals surface area contributed by atoms with Crippen LogP contribution in [0.3, 0.4) is 0 Å². The van der Waals surface area contributed by atoms with Crippen molar-refractivity contribution < 1.29 is 19.1 Å². The van der Waals surface area contributed by atoms with Crippen molar-refractivity contribution in [2.24, 2.45) is 0 Å². The minimum absolute atomic E-state index is 0.0809. The molecule has 1 aliphatic rings. The zero-order chi connectivity index (χ0) is 24.5. The van der Waals surface area contributed by atoms with Crippen molar-refractivity contribution in [3.05, 3.63) is 59.2 Å². The normalized spacial score (nSPS) is 14.8. The first-order chi connectivity index (χ1) is 16.4. The molecule has 1 aliphatic carbocycles. The SMILES string of the molecule is CC[C@H](C(=O)NC1CCCCC1)N(Cc1ccc(OC)cc1)C(=O)COc1cc(C)cc(C)c1. The summed E-state index contributed by atoms with van der Waals surface area (Å²) in [6.07, 6.45) is 6.04.